The molecular weight excluding hydrogens is 272 g/mol. The number of nitrogens with zero attached hydrogens (tertiary/aromatic N) is 2. The summed E-state index contributed by atoms with van der Waals surface area (Å²) < 4.78 is 0. The van der Waals surface area contributed by atoms with Gasteiger partial charge in [0, 0.05) is 25.2 Å². The number of aliphatic imine (C=N–C) groups is 1. The third kappa shape index (κ3) is 4.47. The third-order valence-electron chi connectivity index (χ3n) is 4.63. The molecule has 22 heavy (non-hydrogen) atoms. The van der Waals surface area contributed by atoms with Gasteiger partial charge in [-0.15, -0.1) is 0 Å². The van der Waals surface area contributed by atoms with E-state index in [9.17, 15) is 0 Å². The minimum absolute atomic E-state index is 0.380. The minimum atomic E-state index is 0.380. The van der Waals surface area contributed by atoms with Gasteiger partial charge < -0.3 is 11.1 Å². The van der Waals surface area contributed by atoms with Gasteiger partial charge in [-0.25, -0.2) is 0 Å². The Labute approximate surface area is 134 Å². The van der Waals surface area contributed by atoms with E-state index in [1.807, 2.05) is 0 Å². The number of hydrogen-bond acceptors (Lipinski definition) is 2. The van der Waals surface area contributed by atoms with Crippen LogP contribution in [0.15, 0.2) is 29.3 Å². The molecule has 1 heterocycles. The summed E-state index contributed by atoms with van der Waals surface area (Å²) in [6.45, 7) is 9.42. The maximum absolute atomic E-state index is 5.98. The topological polar surface area (TPSA) is 53.6 Å². The molecule has 2 atom stereocenters. The summed E-state index contributed by atoms with van der Waals surface area (Å²) in [6.07, 6.45) is 3.29. The first-order valence-electron chi connectivity index (χ1n) is 8.51. The third-order valence-corrected chi connectivity index (χ3v) is 4.63. The average molecular weight is 302 g/mol. The Balaban J connectivity index is 1.94. The second kappa shape index (κ2) is 8.18. The Kier molecular flexibility index (Phi) is 6.25. The van der Waals surface area contributed by atoms with Gasteiger partial charge in [0.1, 0.15) is 0 Å². The van der Waals surface area contributed by atoms with Crippen LogP contribution in [-0.4, -0.2) is 36.0 Å². The van der Waals surface area contributed by atoms with E-state index in [-0.39, 0.29) is 0 Å². The lowest BCUT2D eigenvalue weighted by molar-refractivity contribution is 0.178. The monoisotopic (exact) mass is 302 g/mol. The van der Waals surface area contributed by atoms with Crippen molar-refractivity contribution in [3.8, 4) is 0 Å². The molecule has 1 aromatic carbocycles. The van der Waals surface area contributed by atoms with Gasteiger partial charge in [0.25, 0.3) is 0 Å². The van der Waals surface area contributed by atoms with E-state index < -0.39 is 0 Å². The van der Waals surface area contributed by atoms with Crippen molar-refractivity contribution in [2.24, 2.45) is 10.7 Å². The molecule has 0 saturated carbocycles. The highest BCUT2D eigenvalue weighted by atomic mass is 15.2. The number of nitrogens with one attached hydrogen (secondary N) is 1. The lowest BCUT2D eigenvalue weighted by Gasteiger charge is -2.34. The SMILES string of the molecule is CCC(C)NC(N)=NCC(CC)N1CCc2ccccc2C1. The molecule has 122 valence electrons. The maximum atomic E-state index is 5.98. The number of rotatable bonds is 6. The smallest absolute Gasteiger partial charge is 0.188 e. The van der Waals surface area contributed by atoms with Crippen molar-refractivity contribution in [1.82, 2.24) is 10.2 Å². The highest BCUT2D eigenvalue weighted by Gasteiger charge is 2.21. The molecule has 0 saturated heterocycles. The van der Waals surface area contributed by atoms with Crippen LogP contribution in [0.5, 0.6) is 0 Å². The van der Waals surface area contributed by atoms with E-state index in [1.165, 1.54) is 11.1 Å². The molecule has 0 radical (unpaired) electrons. The minimum Gasteiger partial charge on any atom is -0.370 e. The summed E-state index contributed by atoms with van der Waals surface area (Å²) in [4.78, 5) is 7.10. The Morgan fingerprint density at radius 2 is 2.00 bits per heavy atom. The molecule has 2 rings (SSSR count). The van der Waals surface area contributed by atoms with Gasteiger partial charge in [0.15, 0.2) is 5.96 Å². The molecule has 1 aromatic rings. The normalized spacial score (nSPS) is 18.6. The van der Waals surface area contributed by atoms with E-state index in [1.54, 1.807) is 0 Å². The number of nitrogens with two attached hydrogens (primary N) is 1. The second-order valence-electron chi connectivity index (χ2n) is 6.23. The van der Waals surface area contributed by atoms with Crippen molar-refractivity contribution in [3.05, 3.63) is 35.4 Å². The summed E-state index contributed by atoms with van der Waals surface area (Å²) in [7, 11) is 0. The zero-order valence-corrected chi connectivity index (χ0v) is 14.2. The Bertz CT molecular complexity index is 498. The molecule has 4 heteroatoms. The van der Waals surface area contributed by atoms with Crippen LogP contribution in [0.1, 0.15) is 44.7 Å². The molecule has 0 aliphatic carbocycles. The largest absolute Gasteiger partial charge is 0.370 e. The van der Waals surface area contributed by atoms with Crippen LogP contribution in [0.2, 0.25) is 0 Å². The molecule has 2 unspecified atom stereocenters. The number of hydrogen-bond donors (Lipinski definition) is 2. The predicted molar refractivity (Wildman–Crippen MR) is 94.0 cm³/mol. The van der Waals surface area contributed by atoms with Gasteiger partial charge in [-0.2, -0.15) is 0 Å². The molecule has 4 nitrogen and oxygen atoms in total. The van der Waals surface area contributed by atoms with E-state index in [2.05, 4.69) is 60.2 Å². The fourth-order valence-electron chi connectivity index (χ4n) is 2.94. The van der Waals surface area contributed by atoms with Crippen molar-refractivity contribution in [2.45, 2.75) is 58.7 Å². The van der Waals surface area contributed by atoms with Crippen molar-refractivity contribution in [1.29, 1.82) is 0 Å². The lowest BCUT2D eigenvalue weighted by atomic mass is 9.98. The first-order valence-corrected chi connectivity index (χ1v) is 8.51. The van der Waals surface area contributed by atoms with Gasteiger partial charge in [-0.1, -0.05) is 38.1 Å². The quantitative estimate of drug-likeness (QED) is 0.627. The highest BCUT2D eigenvalue weighted by molar-refractivity contribution is 5.78. The van der Waals surface area contributed by atoms with Crippen LogP contribution in [0.25, 0.3) is 0 Å². The molecule has 1 aliphatic rings. The Hall–Kier alpha value is -1.55. The van der Waals surface area contributed by atoms with E-state index >= 15 is 0 Å². The van der Waals surface area contributed by atoms with Gasteiger partial charge in [0.05, 0.1) is 6.54 Å². The van der Waals surface area contributed by atoms with Crippen LogP contribution >= 0.6 is 0 Å². The lowest BCUT2D eigenvalue weighted by Crippen LogP contribution is -2.42. The van der Waals surface area contributed by atoms with E-state index in [0.29, 0.717) is 18.0 Å². The second-order valence-corrected chi connectivity index (χ2v) is 6.23. The van der Waals surface area contributed by atoms with Gasteiger partial charge in [0.2, 0.25) is 0 Å². The Morgan fingerprint density at radius 1 is 1.27 bits per heavy atom. The van der Waals surface area contributed by atoms with Crippen molar-refractivity contribution < 1.29 is 0 Å². The summed E-state index contributed by atoms with van der Waals surface area (Å²) in [6, 6.07) is 9.61. The van der Waals surface area contributed by atoms with Crippen LogP contribution in [0.4, 0.5) is 0 Å². The van der Waals surface area contributed by atoms with E-state index in [0.717, 1.165) is 38.9 Å². The fraction of sp³-hybridized carbons (Fsp3) is 0.611. The van der Waals surface area contributed by atoms with Crippen LogP contribution < -0.4 is 11.1 Å². The molecule has 1 aliphatic heterocycles. The first-order chi connectivity index (χ1) is 10.6. The van der Waals surface area contributed by atoms with E-state index in [4.69, 9.17) is 5.73 Å². The molecule has 0 aromatic heterocycles. The van der Waals surface area contributed by atoms with Gasteiger partial charge >= 0.3 is 0 Å². The summed E-state index contributed by atoms with van der Waals surface area (Å²) in [5.41, 5.74) is 8.94. The zero-order chi connectivity index (χ0) is 15.9. The maximum Gasteiger partial charge on any atom is 0.188 e. The highest BCUT2D eigenvalue weighted by Crippen LogP contribution is 2.21. The summed E-state index contributed by atoms with van der Waals surface area (Å²) >= 11 is 0. The fourth-order valence-corrected chi connectivity index (χ4v) is 2.94. The molecule has 0 amide bonds. The van der Waals surface area contributed by atoms with Gasteiger partial charge in [-0.05, 0) is 37.3 Å². The Morgan fingerprint density at radius 3 is 2.68 bits per heavy atom. The first kappa shape index (κ1) is 16.8. The summed E-state index contributed by atoms with van der Waals surface area (Å²) in [5, 5.41) is 3.24. The van der Waals surface area contributed by atoms with Crippen LogP contribution in [0, 0.1) is 0 Å². The number of fused-ring (bicyclic) bond motifs is 1. The summed E-state index contributed by atoms with van der Waals surface area (Å²) in [5.74, 6) is 0.574. The van der Waals surface area contributed by atoms with Crippen LogP contribution in [-0.2, 0) is 13.0 Å². The van der Waals surface area contributed by atoms with Crippen LogP contribution in [0.3, 0.4) is 0 Å². The zero-order valence-electron chi connectivity index (χ0n) is 14.2. The molecule has 0 bridgehead atoms. The molecular formula is C18H30N4. The van der Waals surface area contributed by atoms with Crippen molar-refractivity contribution in [2.75, 3.05) is 13.1 Å². The molecule has 0 fully saturated rings. The van der Waals surface area contributed by atoms with Crippen molar-refractivity contribution >= 4 is 5.96 Å². The standard InChI is InChI=1S/C18H30N4/c1-4-14(3)21-18(19)20-12-17(5-2)22-11-10-15-8-6-7-9-16(15)13-22/h6-9,14,17H,4-5,10-13H2,1-3H3,(H3,19,20,21). The molecule has 3 N–H and O–H groups in total. The van der Waals surface area contributed by atoms with Crippen molar-refractivity contribution in [3.63, 3.8) is 0 Å². The average Bonchev–Trinajstić information content (AvgIpc) is 2.55. The predicted octanol–water partition coefficient (Wildman–Crippen LogP) is 2.53. The van der Waals surface area contributed by atoms with Gasteiger partial charge in [-0.3, -0.25) is 9.89 Å². The molecule has 0 spiro atoms. The number of guanidine groups is 1. The number of benzene rings is 1.